The molecule has 0 fully saturated rings. The predicted octanol–water partition coefficient (Wildman–Crippen LogP) is 2.35. The molecule has 0 aliphatic carbocycles. The van der Waals surface area contributed by atoms with Crippen LogP contribution < -0.4 is 10.6 Å². The molecule has 6 heteroatoms. The fourth-order valence-corrected chi connectivity index (χ4v) is 2.09. The molecule has 0 aliphatic rings. The van der Waals surface area contributed by atoms with Crippen LogP contribution >= 0.6 is 15.9 Å². The molecule has 19 heavy (non-hydrogen) atoms. The fourth-order valence-electron chi connectivity index (χ4n) is 1.83. The third kappa shape index (κ3) is 2.49. The van der Waals surface area contributed by atoms with Gasteiger partial charge in [0.2, 0.25) is 0 Å². The monoisotopic (exact) mass is 322 g/mol. The summed E-state index contributed by atoms with van der Waals surface area (Å²) in [7, 11) is 3.49. The lowest BCUT2D eigenvalue weighted by atomic mass is 10.2. The third-order valence-corrected chi connectivity index (χ3v) is 3.60. The van der Waals surface area contributed by atoms with E-state index < -0.39 is 0 Å². The van der Waals surface area contributed by atoms with Gasteiger partial charge in [0.25, 0.3) is 5.91 Å². The Bertz CT molecular complexity index is 618. The number of carbonyl (C=O) groups excluding carboxylic acids is 1. The van der Waals surface area contributed by atoms with Gasteiger partial charge < -0.3 is 15.2 Å². The highest BCUT2D eigenvalue weighted by molar-refractivity contribution is 9.10. The van der Waals surface area contributed by atoms with Crippen molar-refractivity contribution in [3.63, 3.8) is 0 Å². The van der Waals surface area contributed by atoms with Crippen molar-refractivity contribution in [1.29, 1.82) is 0 Å². The summed E-state index contributed by atoms with van der Waals surface area (Å²) < 4.78 is 2.67. The molecular weight excluding hydrogens is 308 g/mol. The largest absolute Gasteiger partial charge is 0.382 e. The molecule has 1 aromatic heterocycles. The lowest BCUT2D eigenvalue weighted by Crippen LogP contribution is -2.28. The van der Waals surface area contributed by atoms with Crippen LogP contribution in [0.2, 0.25) is 0 Å². The van der Waals surface area contributed by atoms with Crippen molar-refractivity contribution in [2.24, 2.45) is 7.05 Å². The van der Waals surface area contributed by atoms with Crippen LogP contribution in [-0.4, -0.2) is 22.5 Å². The molecule has 5 nitrogen and oxygen atoms in total. The number of imidazole rings is 1. The van der Waals surface area contributed by atoms with Gasteiger partial charge in [-0.1, -0.05) is 15.9 Å². The van der Waals surface area contributed by atoms with Gasteiger partial charge in [0.05, 0.1) is 0 Å². The van der Waals surface area contributed by atoms with E-state index in [9.17, 15) is 4.79 Å². The minimum atomic E-state index is -0.178. The number of amides is 1. The number of anilines is 2. The Hall–Kier alpha value is -1.82. The number of carbonyl (C=O) groups is 1. The molecule has 0 spiro atoms. The van der Waals surface area contributed by atoms with E-state index in [4.69, 9.17) is 5.73 Å². The highest BCUT2D eigenvalue weighted by Crippen LogP contribution is 2.21. The van der Waals surface area contributed by atoms with E-state index in [1.54, 1.807) is 23.6 Å². The molecule has 2 N–H and O–H groups in total. The lowest BCUT2D eigenvalue weighted by Gasteiger charge is -2.18. The van der Waals surface area contributed by atoms with Crippen LogP contribution in [0, 0.1) is 6.92 Å². The van der Waals surface area contributed by atoms with Crippen LogP contribution in [0.3, 0.4) is 0 Å². The first-order valence-corrected chi connectivity index (χ1v) is 6.53. The molecule has 1 aromatic carbocycles. The number of nitrogens with zero attached hydrogens (tertiary/aromatic N) is 3. The average Bonchev–Trinajstić information content (AvgIpc) is 2.62. The number of hydrogen-bond donors (Lipinski definition) is 1. The summed E-state index contributed by atoms with van der Waals surface area (Å²) in [6, 6.07) is 7.50. The standard InChI is InChI=1S/C13H15BrN4O/c1-8-16-12(15)11(17(8)2)13(19)18(3)10-6-4-9(14)5-7-10/h4-7H,15H2,1-3H3. The van der Waals surface area contributed by atoms with Gasteiger partial charge >= 0.3 is 0 Å². The van der Waals surface area contributed by atoms with E-state index in [0.717, 1.165) is 10.2 Å². The molecule has 0 radical (unpaired) electrons. The zero-order valence-electron chi connectivity index (χ0n) is 11.0. The molecule has 1 heterocycles. The van der Waals surface area contributed by atoms with E-state index in [2.05, 4.69) is 20.9 Å². The van der Waals surface area contributed by atoms with Gasteiger partial charge in [-0.2, -0.15) is 0 Å². The number of aryl methyl sites for hydroxylation is 1. The lowest BCUT2D eigenvalue weighted by molar-refractivity contribution is 0.0986. The summed E-state index contributed by atoms with van der Waals surface area (Å²) in [4.78, 5) is 18.1. The molecule has 0 unspecified atom stereocenters. The normalized spacial score (nSPS) is 10.5. The minimum Gasteiger partial charge on any atom is -0.382 e. The Morgan fingerprint density at radius 2 is 1.95 bits per heavy atom. The first kappa shape index (κ1) is 13.6. The highest BCUT2D eigenvalue weighted by atomic mass is 79.9. The van der Waals surface area contributed by atoms with Crippen LogP contribution in [0.5, 0.6) is 0 Å². The van der Waals surface area contributed by atoms with Crippen LogP contribution in [-0.2, 0) is 7.05 Å². The average molecular weight is 323 g/mol. The van der Waals surface area contributed by atoms with Crippen LogP contribution in [0.1, 0.15) is 16.3 Å². The van der Waals surface area contributed by atoms with Crippen LogP contribution in [0.15, 0.2) is 28.7 Å². The number of hydrogen-bond acceptors (Lipinski definition) is 3. The first-order chi connectivity index (χ1) is 8.91. The van der Waals surface area contributed by atoms with Crippen molar-refractivity contribution >= 4 is 33.3 Å². The zero-order valence-corrected chi connectivity index (χ0v) is 12.6. The highest BCUT2D eigenvalue weighted by Gasteiger charge is 2.21. The zero-order chi connectivity index (χ0) is 14.2. The molecule has 0 atom stereocenters. The van der Waals surface area contributed by atoms with E-state index in [0.29, 0.717) is 11.5 Å². The molecule has 0 aliphatic heterocycles. The topological polar surface area (TPSA) is 64.2 Å². The molecule has 1 amide bonds. The molecule has 0 saturated carbocycles. The number of halogens is 1. The number of nitrogens with two attached hydrogens (primary N) is 1. The van der Waals surface area contributed by atoms with E-state index in [1.165, 1.54) is 0 Å². The van der Waals surface area contributed by atoms with Gasteiger partial charge in [-0.05, 0) is 31.2 Å². The Kier molecular flexibility index (Phi) is 3.61. The van der Waals surface area contributed by atoms with Crippen LogP contribution in [0.4, 0.5) is 11.5 Å². The summed E-state index contributed by atoms with van der Waals surface area (Å²) in [5.74, 6) is 0.793. The van der Waals surface area contributed by atoms with Crippen molar-refractivity contribution in [3.05, 3.63) is 40.3 Å². The summed E-state index contributed by atoms with van der Waals surface area (Å²) in [6.07, 6.45) is 0. The van der Waals surface area contributed by atoms with Gasteiger partial charge in [0, 0.05) is 24.3 Å². The molecular formula is C13H15BrN4O. The van der Waals surface area contributed by atoms with E-state index in [-0.39, 0.29) is 11.7 Å². The number of aromatic nitrogens is 2. The second-order valence-electron chi connectivity index (χ2n) is 4.29. The van der Waals surface area contributed by atoms with Gasteiger partial charge in [0.1, 0.15) is 5.82 Å². The SMILES string of the molecule is Cc1nc(N)c(C(=O)N(C)c2ccc(Br)cc2)n1C. The second-order valence-corrected chi connectivity index (χ2v) is 5.21. The Balaban J connectivity index is 2.36. The van der Waals surface area contributed by atoms with Crippen molar-refractivity contribution < 1.29 is 4.79 Å². The van der Waals surface area contributed by atoms with Gasteiger partial charge in [0.15, 0.2) is 11.5 Å². The minimum absolute atomic E-state index is 0.178. The number of benzene rings is 1. The second kappa shape index (κ2) is 5.05. The fraction of sp³-hybridized carbons (Fsp3) is 0.231. The predicted molar refractivity (Wildman–Crippen MR) is 79.2 cm³/mol. The summed E-state index contributed by atoms with van der Waals surface area (Å²) in [6.45, 7) is 1.81. The Morgan fingerprint density at radius 1 is 1.37 bits per heavy atom. The molecule has 2 aromatic rings. The number of rotatable bonds is 2. The van der Waals surface area contributed by atoms with Crippen LogP contribution in [0.25, 0.3) is 0 Å². The summed E-state index contributed by atoms with van der Waals surface area (Å²) in [5.41, 5.74) is 7.00. The van der Waals surface area contributed by atoms with E-state index >= 15 is 0 Å². The third-order valence-electron chi connectivity index (χ3n) is 3.07. The Labute approximate surface area is 120 Å². The maximum absolute atomic E-state index is 12.5. The van der Waals surface area contributed by atoms with Gasteiger partial charge in [-0.3, -0.25) is 4.79 Å². The van der Waals surface area contributed by atoms with Crippen molar-refractivity contribution in [2.45, 2.75) is 6.92 Å². The molecule has 100 valence electrons. The van der Waals surface area contributed by atoms with Crippen molar-refractivity contribution in [1.82, 2.24) is 9.55 Å². The van der Waals surface area contributed by atoms with Gasteiger partial charge in [-0.15, -0.1) is 0 Å². The first-order valence-electron chi connectivity index (χ1n) is 5.74. The molecule has 2 rings (SSSR count). The maximum atomic E-state index is 12.5. The quantitative estimate of drug-likeness (QED) is 0.923. The maximum Gasteiger partial charge on any atom is 0.278 e. The van der Waals surface area contributed by atoms with Gasteiger partial charge in [-0.25, -0.2) is 4.98 Å². The summed E-state index contributed by atoms with van der Waals surface area (Å²) >= 11 is 3.37. The molecule has 0 bridgehead atoms. The van der Waals surface area contributed by atoms with Crippen molar-refractivity contribution in [3.8, 4) is 0 Å². The van der Waals surface area contributed by atoms with E-state index in [1.807, 2.05) is 31.2 Å². The number of nitrogen functional groups attached to an aromatic ring is 1. The summed E-state index contributed by atoms with van der Waals surface area (Å²) in [5, 5.41) is 0. The Morgan fingerprint density at radius 3 is 2.42 bits per heavy atom. The molecule has 0 saturated heterocycles. The smallest absolute Gasteiger partial charge is 0.278 e. The van der Waals surface area contributed by atoms with Crippen molar-refractivity contribution in [2.75, 3.05) is 17.7 Å².